The summed E-state index contributed by atoms with van der Waals surface area (Å²) in [6.45, 7) is 7.06. The molecule has 3 rings (SSSR count). The molecule has 1 saturated heterocycles. The first-order valence-electron chi connectivity index (χ1n) is 10.4. The van der Waals surface area contributed by atoms with E-state index in [1.54, 1.807) is 20.4 Å². The van der Waals surface area contributed by atoms with Crippen molar-refractivity contribution >= 4 is 6.09 Å². The van der Waals surface area contributed by atoms with Crippen LogP contribution in [-0.4, -0.2) is 48.9 Å². The van der Waals surface area contributed by atoms with Crippen molar-refractivity contribution in [1.82, 2.24) is 9.88 Å². The molecule has 0 radical (unpaired) electrons. The minimum Gasteiger partial charge on any atom is -0.493 e. The van der Waals surface area contributed by atoms with Crippen LogP contribution in [-0.2, 0) is 4.74 Å². The lowest BCUT2D eigenvalue weighted by atomic mass is 9.76. The van der Waals surface area contributed by atoms with Crippen molar-refractivity contribution in [2.75, 3.05) is 27.3 Å². The molecule has 1 aromatic heterocycles. The maximum Gasteiger partial charge on any atom is 0.410 e. The van der Waals surface area contributed by atoms with Crippen LogP contribution < -0.4 is 9.47 Å². The van der Waals surface area contributed by atoms with E-state index in [1.165, 1.54) is 5.56 Å². The normalized spacial score (nSPS) is 16.1. The van der Waals surface area contributed by atoms with Gasteiger partial charge < -0.3 is 19.1 Å². The van der Waals surface area contributed by atoms with Crippen molar-refractivity contribution in [2.45, 2.75) is 45.1 Å². The molecule has 30 heavy (non-hydrogen) atoms. The number of rotatable bonds is 5. The summed E-state index contributed by atoms with van der Waals surface area (Å²) >= 11 is 0. The van der Waals surface area contributed by atoms with Crippen molar-refractivity contribution in [3.8, 4) is 11.5 Å². The average molecular weight is 413 g/mol. The average Bonchev–Trinajstić information content (AvgIpc) is 2.74. The van der Waals surface area contributed by atoms with Gasteiger partial charge in [-0.05, 0) is 68.9 Å². The fourth-order valence-corrected chi connectivity index (χ4v) is 4.08. The van der Waals surface area contributed by atoms with Gasteiger partial charge in [-0.3, -0.25) is 4.98 Å². The van der Waals surface area contributed by atoms with Crippen LogP contribution in [0.2, 0.25) is 0 Å². The molecule has 0 aliphatic carbocycles. The number of ether oxygens (including phenoxy) is 3. The second-order valence-corrected chi connectivity index (χ2v) is 8.68. The Labute approximate surface area is 179 Å². The summed E-state index contributed by atoms with van der Waals surface area (Å²) in [5.41, 5.74) is 1.85. The van der Waals surface area contributed by atoms with E-state index in [-0.39, 0.29) is 12.0 Å². The molecule has 0 bridgehead atoms. The first-order chi connectivity index (χ1) is 14.3. The monoisotopic (exact) mass is 412 g/mol. The molecule has 162 valence electrons. The van der Waals surface area contributed by atoms with Crippen LogP contribution in [0.25, 0.3) is 0 Å². The SMILES string of the molecule is COc1ccc([C@@H](c2cccnc2)C2CCN(C(=O)OC(C)(C)C)CC2)cc1OC. The summed E-state index contributed by atoms with van der Waals surface area (Å²) in [7, 11) is 3.29. The molecule has 0 saturated carbocycles. The molecule has 0 N–H and O–H groups in total. The van der Waals surface area contributed by atoms with E-state index < -0.39 is 5.60 Å². The zero-order valence-corrected chi connectivity index (χ0v) is 18.6. The Morgan fingerprint density at radius 3 is 2.33 bits per heavy atom. The smallest absolute Gasteiger partial charge is 0.410 e. The van der Waals surface area contributed by atoms with Gasteiger partial charge in [0.1, 0.15) is 5.60 Å². The lowest BCUT2D eigenvalue weighted by Gasteiger charge is -2.37. The molecule has 0 unspecified atom stereocenters. The second kappa shape index (κ2) is 9.37. The van der Waals surface area contributed by atoms with Gasteiger partial charge in [0.15, 0.2) is 11.5 Å². The molecule has 6 nitrogen and oxygen atoms in total. The molecule has 6 heteroatoms. The van der Waals surface area contributed by atoms with Gasteiger partial charge in [-0.2, -0.15) is 0 Å². The van der Waals surface area contributed by atoms with Crippen LogP contribution in [0, 0.1) is 5.92 Å². The van der Waals surface area contributed by atoms with E-state index in [4.69, 9.17) is 14.2 Å². The number of carbonyl (C=O) groups excluding carboxylic acids is 1. The Bertz CT molecular complexity index is 840. The van der Waals surface area contributed by atoms with Gasteiger partial charge in [-0.1, -0.05) is 12.1 Å². The van der Waals surface area contributed by atoms with E-state index in [2.05, 4.69) is 23.2 Å². The molecule has 2 aromatic rings. The molecular weight excluding hydrogens is 380 g/mol. The first kappa shape index (κ1) is 21.9. The highest BCUT2D eigenvalue weighted by molar-refractivity contribution is 5.68. The number of piperidine rings is 1. The second-order valence-electron chi connectivity index (χ2n) is 8.68. The molecule has 0 spiro atoms. The highest BCUT2D eigenvalue weighted by atomic mass is 16.6. The molecule has 1 aliphatic rings. The lowest BCUT2D eigenvalue weighted by Crippen LogP contribution is -2.42. The number of methoxy groups -OCH3 is 2. The quantitative estimate of drug-likeness (QED) is 0.701. The molecule has 2 heterocycles. The number of nitrogens with zero attached hydrogens (tertiary/aromatic N) is 2. The Kier molecular flexibility index (Phi) is 6.85. The zero-order valence-electron chi connectivity index (χ0n) is 18.6. The van der Waals surface area contributed by atoms with Crippen molar-refractivity contribution in [3.63, 3.8) is 0 Å². The Morgan fingerprint density at radius 2 is 1.77 bits per heavy atom. The Balaban J connectivity index is 1.83. The number of hydrogen-bond acceptors (Lipinski definition) is 5. The van der Waals surface area contributed by atoms with Crippen molar-refractivity contribution in [1.29, 1.82) is 0 Å². The van der Waals surface area contributed by atoms with Crippen LogP contribution in [0.1, 0.15) is 50.7 Å². The lowest BCUT2D eigenvalue weighted by molar-refractivity contribution is 0.0178. The third-order valence-electron chi connectivity index (χ3n) is 5.47. The number of likely N-dealkylation sites (tertiary alicyclic amines) is 1. The number of benzene rings is 1. The number of carbonyl (C=O) groups is 1. The summed E-state index contributed by atoms with van der Waals surface area (Å²) in [6.07, 6.45) is 5.28. The topological polar surface area (TPSA) is 60.9 Å². The fraction of sp³-hybridized carbons (Fsp3) is 0.500. The van der Waals surface area contributed by atoms with Crippen molar-refractivity contribution in [3.05, 3.63) is 53.9 Å². The van der Waals surface area contributed by atoms with Crippen molar-refractivity contribution in [2.24, 2.45) is 5.92 Å². The maximum atomic E-state index is 12.4. The minimum atomic E-state index is -0.480. The van der Waals surface area contributed by atoms with Crippen LogP contribution in [0.4, 0.5) is 4.79 Å². The predicted octanol–water partition coefficient (Wildman–Crippen LogP) is 4.88. The third kappa shape index (κ3) is 5.23. The van der Waals surface area contributed by atoms with Crippen LogP contribution in [0.15, 0.2) is 42.7 Å². The van der Waals surface area contributed by atoms with E-state index in [1.807, 2.05) is 44.0 Å². The number of aromatic nitrogens is 1. The standard InChI is InChI=1S/C24H32N2O4/c1-24(2,3)30-23(27)26-13-10-17(11-14-26)22(19-7-6-12-25-16-19)18-8-9-20(28-4)21(15-18)29-5/h6-9,12,15-17,22H,10-11,13-14H2,1-5H3/t22-/m0/s1. The summed E-state index contributed by atoms with van der Waals surface area (Å²) < 4.78 is 16.5. The summed E-state index contributed by atoms with van der Waals surface area (Å²) in [5, 5.41) is 0. The van der Waals surface area contributed by atoms with Gasteiger partial charge in [-0.15, -0.1) is 0 Å². The van der Waals surface area contributed by atoms with E-state index in [9.17, 15) is 4.79 Å². The zero-order chi connectivity index (χ0) is 21.7. The Hall–Kier alpha value is -2.76. The van der Waals surface area contributed by atoms with E-state index in [0.717, 1.165) is 24.2 Å². The highest BCUT2D eigenvalue weighted by Gasteiger charge is 2.32. The summed E-state index contributed by atoms with van der Waals surface area (Å²) in [5.74, 6) is 1.98. The van der Waals surface area contributed by atoms with Gasteiger partial charge in [0.25, 0.3) is 0 Å². The largest absolute Gasteiger partial charge is 0.493 e. The molecule has 1 aliphatic heterocycles. The van der Waals surface area contributed by atoms with Crippen LogP contribution >= 0.6 is 0 Å². The predicted molar refractivity (Wildman–Crippen MR) is 116 cm³/mol. The third-order valence-corrected chi connectivity index (χ3v) is 5.47. The van der Waals surface area contributed by atoms with Gasteiger partial charge in [0, 0.05) is 31.4 Å². The maximum absolute atomic E-state index is 12.4. The number of pyridine rings is 1. The molecule has 1 amide bonds. The number of amides is 1. The van der Waals surface area contributed by atoms with E-state index in [0.29, 0.717) is 24.8 Å². The van der Waals surface area contributed by atoms with Crippen LogP contribution in [0.5, 0.6) is 11.5 Å². The molecule has 1 atom stereocenters. The molecule has 1 aromatic carbocycles. The fourth-order valence-electron chi connectivity index (χ4n) is 4.08. The van der Waals surface area contributed by atoms with Crippen LogP contribution in [0.3, 0.4) is 0 Å². The van der Waals surface area contributed by atoms with E-state index >= 15 is 0 Å². The molecule has 1 fully saturated rings. The summed E-state index contributed by atoms with van der Waals surface area (Å²) in [4.78, 5) is 18.6. The van der Waals surface area contributed by atoms with Crippen molar-refractivity contribution < 1.29 is 19.0 Å². The highest BCUT2D eigenvalue weighted by Crippen LogP contribution is 2.40. The van der Waals surface area contributed by atoms with Gasteiger partial charge >= 0.3 is 6.09 Å². The number of hydrogen-bond donors (Lipinski definition) is 0. The van der Waals surface area contributed by atoms with Gasteiger partial charge in [-0.25, -0.2) is 4.79 Å². The Morgan fingerprint density at radius 1 is 1.07 bits per heavy atom. The molecular formula is C24H32N2O4. The summed E-state index contributed by atoms with van der Waals surface area (Å²) in [6, 6.07) is 10.2. The van der Waals surface area contributed by atoms with Gasteiger partial charge in [0.2, 0.25) is 0 Å². The van der Waals surface area contributed by atoms with Gasteiger partial charge in [0.05, 0.1) is 14.2 Å². The first-order valence-corrected chi connectivity index (χ1v) is 10.4. The minimum absolute atomic E-state index is 0.166.